The number of nitrogens with one attached hydrogen (secondary N) is 3. The molecule has 192 valence electrons. The smallest absolute Gasteiger partial charge is 0.255 e. The molecule has 2 aliphatic rings. The molecule has 1 saturated heterocycles. The molecular weight excluding hydrogens is 450 g/mol. The van der Waals surface area contributed by atoms with Crippen molar-refractivity contribution < 1.29 is 23.9 Å². The summed E-state index contributed by atoms with van der Waals surface area (Å²) >= 11 is 0. The lowest BCUT2D eigenvalue weighted by Gasteiger charge is -2.27. The molecule has 2 heterocycles. The Bertz CT molecular complexity index is 921. The van der Waals surface area contributed by atoms with E-state index in [1.165, 1.54) is 0 Å². The van der Waals surface area contributed by atoms with E-state index in [9.17, 15) is 19.2 Å². The Labute approximate surface area is 206 Å². The quantitative estimate of drug-likeness (QED) is 0.555. The monoisotopic (exact) mass is 487 g/mol. The third kappa shape index (κ3) is 7.42. The van der Waals surface area contributed by atoms with E-state index in [0.29, 0.717) is 24.4 Å². The zero-order valence-electron chi connectivity index (χ0n) is 20.8. The number of amides is 4. The number of rotatable bonds is 2. The van der Waals surface area contributed by atoms with Crippen LogP contribution in [0.2, 0.25) is 0 Å². The highest BCUT2D eigenvalue weighted by molar-refractivity contribution is 5.99. The fourth-order valence-corrected chi connectivity index (χ4v) is 4.26. The summed E-state index contributed by atoms with van der Waals surface area (Å²) < 4.78 is 5.78. The number of ether oxygens (including phenoxy) is 1. The number of hydrogen-bond acceptors (Lipinski definition) is 6. The Balaban J connectivity index is 1.85. The summed E-state index contributed by atoms with van der Waals surface area (Å²) in [6, 6.07) is 5.21. The largest absolute Gasteiger partial charge is 0.491 e. The Morgan fingerprint density at radius 2 is 1.83 bits per heavy atom. The first kappa shape index (κ1) is 26.5. The molecule has 0 spiro atoms. The van der Waals surface area contributed by atoms with Gasteiger partial charge in [0, 0.05) is 26.1 Å². The molecule has 0 saturated carbocycles. The zero-order chi connectivity index (χ0) is 25.4. The second-order valence-corrected chi connectivity index (χ2v) is 9.47. The average molecular weight is 488 g/mol. The van der Waals surface area contributed by atoms with Gasteiger partial charge in [-0.3, -0.25) is 19.2 Å². The van der Waals surface area contributed by atoms with Gasteiger partial charge in [-0.2, -0.15) is 0 Å². The van der Waals surface area contributed by atoms with Crippen molar-refractivity contribution in [2.75, 3.05) is 46.4 Å². The van der Waals surface area contributed by atoms with Gasteiger partial charge in [-0.15, -0.1) is 0 Å². The lowest BCUT2D eigenvalue weighted by atomic mass is 10.0. The Morgan fingerprint density at radius 3 is 2.60 bits per heavy atom. The van der Waals surface area contributed by atoms with Crippen molar-refractivity contribution in [3.8, 4) is 5.75 Å². The molecule has 1 aromatic rings. The van der Waals surface area contributed by atoms with Gasteiger partial charge in [-0.05, 0) is 44.5 Å². The molecule has 10 heteroatoms. The van der Waals surface area contributed by atoms with Crippen molar-refractivity contribution in [3.63, 3.8) is 0 Å². The highest BCUT2D eigenvalue weighted by Crippen LogP contribution is 2.19. The molecule has 1 aromatic carbocycles. The van der Waals surface area contributed by atoms with Crippen molar-refractivity contribution >= 4 is 23.6 Å². The summed E-state index contributed by atoms with van der Waals surface area (Å²) in [6.07, 6.45) is 0.961. The standard InChI is InChI=1S/C25H37N5O5/c1-17(2)22-24(33)26-11-16-35-20-8-5-4-7-18(20)23(32)27-19(9-10-21(31)28-22)25(34)30-13-6-12-29(3)14-15-30/h4-5,7-8,17,19,22H,6,9-16H2,1-3H3,(H,26,33)(H,27,32)(H,28,31)/t19-,22-/m0/s1. The van der Waals surface area contributed by atoms with Crippen LogP contribution in [0, 0.1) is 5.92 Å². The molecule has 4 amide bonds. The fraction of sp³-hybridized carbons (Fsp3) is 0.600. The van der Waals surface area contributed by atoms with Crippen LogP contribution < -0.4 is 20.7 Å². The lowest BCUT2D eigenvalue weighted by molar-refractivity contribution is -0.134. The van der Waals surface area contributed by atoms with Crippen molar-refractivity contribution in [3.05, 3.63) is 29.8 Å². The summed E-state index contributed by atoms with van der Waals surface area (Å²) in [6.45, 7) is 6.88. The van der Waals surface area contributed by atoms with Crippen LogP contribution in [0.1, 0.15) is 43.5 Å². The van der Waals surface area contributed by atoms with E-state index in [2.05, 4.69) is 20.9 Å². The second kappa shape index (κ2) is 12.5. The van der Waals surface area contributed by atoms with Crippen LogP contribution >= 0.6 is 0 Å². The van der Waals surface area contributed by atoms with Crippen LogP contribution in [0.25, 0.3) is 0 Å². The molecule has 0 aliphatic carbocycles. The van der Waals surface area contributed by atoms with Gasteiger partial charge >= 0.3 is 0 Å². The number of carbonyl (C=O) groups excluding carboxylic acids is 4. The van der Waals surface area contributed by atoms with E-state index in [4.69, 9.17) is 4.74 Å². The van der Waals surface area contributed by atoms with Crippen LogP contribution in [0.5, 0.6) is 5.75 Å². The average Bonchev–Trinajstić information content (AvgIpc) is 3.06. The minimum absolute atomic E-state index is 0.000916. The van der Waals surface area contributed by atoms with E-state index in [-0.39, 0.29) is 49.6 Å². The number of nitrogens with zero attached hydrogens (tertiary/aromatic N) is 2. The van der Waals surface area contributed by atoms with Crippen molar-refractivity contribution in [2.45, 2.75) is 45.2 Å². The molecule has 2 aliphatic heterocycles. The van der Waals surface area contributed by atoms with Crippen LogP contribution in [0.4, 0.5) is 0 Å². The summed E-state index contributed by atoms with van der Waals surface area (Å²) in [7, 11) is 2.02. The Kier molecular flexibility index (Phi) is 9.47. The van der Waals surface area contributed by atoms with Gasteiger partial charge in [0.25, 0.3) is 5.91 Å². The van der Waals surface area contributed by atoms with Crippen LogP contribution in [0.3, 0.4) is 0 Å². The van der Waals surface area contributed by atoms with Gasteiger partial charge in [0.15, 0.2) is 0 Å². The van der Waals surface area contributed by atoms with Crippen molar-refractivity contribution in [1.29, 1.82) is 0 Å². The predicted octanol–water partition coefficient (Wildman–Crippen LogP) is 0.379. The first-order valence-electron chi connectivity index (χ1n) is 12.3. The molecule has 10 nitrogen and oxygen atoms in total. The highest BCUT2D eigenvalue weighted by Gasteiger charge is 2.30. The number of likely N-dealkylation sites (N-methyl/N-ethyl adjacent to an activating group) is 1. The van der Waals surface area contributed by atoms with E-state index in [0.717, 1.165) is 19.5 Å². The van der Waals surface area contributed by atoms with Crippen LogP contribution in [-0.2, 0) is 14.4 Å². The third-order valence-electron chi connectivity index (χ3n) is 6.35. The first-order valence-corrected chi connectivity index (χ1v) is 12.3. The fourth-order valence-electron chi connectivity index (χ4n) is 4.26. The Morgan fingerprint density at radius 1 is 1.06 bits per heavy atom. The number of para-hydroxylation sites is 1. The molecule has 3 N–H and O–H groups in total. The number of benzene rings is 1. The maximum atomic E-state index is 13.5. The summed E-state index contributed by atoms with van der Waals surface area (Å²) in [5, 5.41) is 8.41. The molecule has 0 unspecified atom stereocenters. The van der Waals surface area contributed by atoms with Crippen molar-refractivity contribution in [1.82, 2.24) is 25.8 Å². The third-order valence-corrected chi connectivity index (χ3v) is 6.35. The normalized spacial score (nSPS) is 23.5. The summed E-state index contributed by atoms with van der Waals surface area (Å²) in [4.78, 5) is 56.0. The van der Waals surface area contributed by atoms with Gasteiger partial charge < -0.3 is 30.5 Å². The van der Waals surface area contributed by atoms with Gasteiger partial charge in [0.1, 0.15) is 24.4 Å². The summed E-state index contributed by atoms with van der Waals surface area (Å²) in [5.74, 6) is -1.04. The molecular formula is C25H37N5O5. The summed E-state index contributed by atoms with van der Waals surface area (Å²) in [5.41, 5.74) is 0.298. The van der Waals surface area contributed by atoms with Gasteiger partial charge in [-0.25, -0.2) is 0 Å². The maximum Gasteiger partial charge on any atom is 0.255 e. The topological polar surface area (TPSA) is 120 Å². The zero-order valence-corrected chi connectivity index (χ0v) is 20.8. The number of fused-ring (bicyclic) bond motifs is 1. The number of hydrogen-bond donors (Lipinski definition) is 3. The van der Waals surface area contributed by atoms with Crippen LogP contribution in [-0.4, -0.2) is 91.9 Å². The Hall–Kier alpha value is -3.14. The van der Waals surface area contributed by atoms with Gasteiger partial charge in [-0.1, -0.05) is 26.0 Å². The second-order valence-electron chi connectivity index (χ2n) is 9.47. The molecule has 0 aromatic heterocycles. The molecule has 3 rings (SSSR count). The molecule has 35 heavy (non-hydrogen) atoms. The first-order chi connectivity index (χ1) is 16.8. The highest BCUT2D eigenvalue weighted by atomic mass is 16.5. The molecule has 0 bridgehead atoms. The minimum atomic E-state index is -0.874. The minimum Gasteiger partial charge on any atom is -0.491 e. The molecule has 0 radical (unpaired) electrons. The molecule has 2 atom stereocenters. The van der Waals surface area contributed by atoms with E-state index < -0.39 is 18.0 Å². The van der Waals surface area contributed by atoms with E-state index in [1.54, 1.807) is 29.2 Å². The maximum absolute atomic E-state index is 13.5. The van der Waals surface area contributed by atoms with E-state index >= 15 is 0 Å². The number of carbonyl (C=O) groups is 4. The van der Waals surface area contributed by atoms with E-state index in [1.807, 2.05) is 20.9 Å². The van der Waals surface area contributed by atoms with Gasteiger partial charge in [0.05, 0.1) is 12.1 Å². The van der Waals surface area contributed by atoms with Gasteiger partial charge in [0.2, 0.25) is 17.7 Å². The molecule has 1 fully saturated rings. The van der Waals surface area contributed by atoms with Crippen LogP contribution in [0.15, 0.2) is 24.3 Å². The predicted molar refractivity (Wildman–Crippen MR) is 131 cm³/mol. The van der Waals surface area contributed by atoms with Crippen molar-refractivity contribution in [2.24, 2.45) is 5.92 Å². The SMILES string of the molecule is CC(C)[C@@H]1NC(=O)CC[C@@H](C(=O)N2CCCN(C)CC2)NC(=O)c2ccccc2OCCNC1=O. The lowest BCUT2D eigenvalue weighted by Crippen LogP contribution is -2.51.